The molecule has 6 nitrogen and oxygen atoms in total. The summed E-state index contributed by atoms with van der Waals surface area (Å²) < 4.78 is 19.8. The molecule has 0 saturated heterocycles. The van der Waals surface area contributed by atoms with Gasteiger partial charge < -0.3 is 15.1 Å². The van der Waals surface area contributed by atoms with Crippen LogP contribution in [0.15, 0.2) is 108 Å². The maximum atomic E-state index is 14.2. The van der Waals surface area contributed by atoms with Crippen molar-refractivity contribution in [2.45, 2.75) is 25.3 Å². The van der Waals surface area contributed by atoms with Crippen LogP contribution in [0.2, 0.25) is 5.02 Å². The number of nitrogens with zero attached hydrogens (tertiary/aromatic N) is 1. The molecule has 0 aliphatic heterocycles. The van der Waals surface area contributed by atoms with E-state index in [9.17, 15) is 14.0 Å². The normalized spacial score (nSPS) is 13.4. The zero-order valence-electron chi connectivity index (χ0n) is 25.2. The Labute approximate surface area is 270 Å². The van der Waals surface area contributed by atoms with Crippen molar-refractivity contribution in [3.63, 3.8) is 0 Å². The van der Waals surface area contributed by atoms with Crippen molar-refractivity contribution in [3.05, 3.63) is 136 Å². The molecular weight excluding hydrogens is 601 g/mol. The van der Waals surface area contributed by atoms with Crippen LogP contribution >= 0.6 is 11.6 Å². The van der Waals surface area contributed by atoms with Crippen molar-refractivity contribution in [2.75, 3.05) is 7.05 Å². The number of hydrogen-bond donors (Lipinski definition) is 2. The highest BCUT2D eigenvalue weighted by Crippen LogP contribution is 2.45. The summed E-state index contributed by atoms with van der Waals surface area (Å²) in [6.07, 6.45) is 3.33. The average Bonchev–Trinajstić information content (AvgIpc) is 3.76. The maximum absolute atomic E-state index is 14.2. The number of pyridine rings is 1. The van der Waals surface area contributed by atoms with Crippen LogP contribution in [-0.2, 0) is 5.54 Å². The van der Waals surface area contributed by atoms with Crippen molar-refractivity contribution in [2.24, 2.45) is 0 Å². The molecule has 0 radical (unpaired) electrons. The minimum Gasteiger partial charge on any atom is -0.455 e. The molecule has 8 heteroatoms. The van der Waals surface area contributed by atoms with Gasteiger partial charge in [-0.3, -0.25) is 14.6 Å². The molecule has 6 aromatic rings. The quantitative estimate of drug-likeness (QED) is 0.185. The number of halogens is 2. The molecule has 1 fully saturated rings. The molecule has 2 N–H and O–H groups in total. The number of aryl methyl sites for hydroxylation is 1. The lowest BCUT2D eigenvalue weighted by atomic mass is 9.90. The van der Waals surface area contributed by atoms with E-state index in [4.69, 9.17) is 16.0 Å². The van der Waals surface area contributed by atoms with E-state index in [1.807, 2.05) is 79.7 Å². The smallest absolute Gasteiger partial charge is 0.255 e. The summed E-state index contributed by atoms with van der Waals surface area (Å²) in [5.41, 5.74) is 6.23. The Morgan fingerprint density at radius 2 is 1.59 bits per heavy atom. The predicted molar refractivity (Wildman–Crippen MR) is 178 cm³/mol. The Kier molecular flexibility index (Phi) is 7.41. The molecule has 0 spiro atoms. The number of carbonyl (C=O) groups is 2. The highest BCUT2D eigenvalue weighted by molar-refractivity contribution is 6.33. The number of furan rings is 1. The van der Waals surface area contributed by atoms with E-state index >= 15 is 0 Å². The van der Waals surface area contributed by atoms with Crippen LogP contribution < -0.4 is 10.6 Å². The molecule has 228 valence electrons. The lowest BCUT2D eigenvalue weighted by Gasteiger charge is -2.20. The topological polar surface area (TPSA) is 84.2 Å². The third kappa shape index (κ3) is 5.22. The van der Waals surface area contributed by atoms with E-state index in [0.29, 0.717) is 38.4 Å². The first-order valence-corrected chi connectivity index (χ1v) is 15.3. The summed E-state index contributed by atoms with van der Waals surface area (Å²) >= 11 is 6.66. The molecule has 1 saturated carbocycles. The van der Waals surface area contributed by atoms with Crippen molar-refractivity contribution < 1.29 is 18.4 Å². The van der Waals surface area contributed by atoms with Crippen molar-refractivity contribution in [1.29, 1.82) is 0 Å². The van der Waals surface area contributed by atoms with Gasteiger partial charge in [-0.1, -0.05) is 41.9 Å². The van der Waals surface area contributed by atoms with Crippen molar-refractivity contribution in [3.8, 4) is 33.6 Å². The van der Waals surface area contributed by atoms with Gasteiger partial charge in [-0.2, -0.15) is 0 Å². The molecule has 0 bridgehead atoms. The Bertz CT molecular complexity index is 2140. The van der Waals surface area contributed by atoms with Gasteiger partial charge in [-0.05, 0) is 109 Å². The summed E-state index contributed by atoms with van der Waals surface area (Å²) in [6, 6.07) is 28.5. The Morgan fingerprint density at radius 1 is 0.848 bits per heavy atom. The van der Waals surface area contributed by atoms with Crippen LogP contribution in [0, 0.1) is 12.7 Å². The molecule has 7 rings (SSSR count). The van der Waals surface area contributed by atoms with Gasteiger partial charge in [-0.25, -0.2) is 4.39 Å². The molecule has 2 amide bonds. The van der Waals surface area contributed by atoms with Crippen LogP contribution in [0.5, 0.6) is 0 Å². The lowest BCUT2D eigenvalue weighted by Crippen LogP contribution is -2.35. The second kappa shape index (κ2) is 11.6. The molecule has 1 aliphatic rings. The second-order valence-corrected chi connectivity index (χ2v) is 12.0. The van der Waals surface area contributed by atoms with Crippen LogP contribution in [0.4, 0.5) is 4.39 Å². The number of carbonyl (C=O) groups excluding carboxylic acids is 2. The first kappa shape index (κ1) is 29.4. The van der Waals surface area contributed by atoms with E-state index in [-0.39, 0.29) is 17.6 Å². The number of fused-ring (bicyclic) bond motifs is 1. The highest BCUT2D eigenvalue weighted by atomic mass is 35.5. The molecular formula is C38H29ClFN3O3. The van der Waals surface area contributed by atoms with Gasteiger partial charge in [0, 0.05) is 40.3 Å². The summed E-state index contributed by atoms with van der Waals surface area (Å²) in [5, 5.41) is 7.12. The third-order valence-electron chi connectivity index (χ3n) is 8.59. The van der Waals surface area contributed by atoms with Gasteiger partial charge in [0.2, 0.25) is 0 Å². The Morgan fingerprint density at radius 3 is 2.28 bits per heavy atom. The lowest BCUT2D eigenvalue weighted by molar-refractivity contribution is 0.0928. The van der Waals surface area contributed by atoms with Gasteiger partial charge in [0.25, 0.3) is 11.8 Å². The van der Waals surface area contributed by atoms with Gasteiger partial charge in [0.15, 0.2) is 0 Å². The van der Waals surface area contributed by atoms with E-state index in [0.717, 1.165) is 46.4 Å². The van der Waals surface area contributed by atoms with E-state index in [1.54, 1.807) is 25.4 Å². The zero-order chi connectivity index (χ0) is 32.0. The molecule has 46 heavy (non-hydrogen) atoms. The van der Waals surface area contributed by atoms with E-state index in [2.05, 4.69) is 15.6 Å². The first-order chi connectivity index (χ1) is 22.3. The van der Waals surface area contributed by atoms with Crippen LogP contribution in [-0.4, -0.2) is 23.8 Å². The molecule has 2 heterocycles. The van der Waals surface area contributed by atoms with E-state index in [1.165, 1.54) is 12.1 Å². The molecule has 2 aromatic heterocycles. The minimum absolute atomic E-state index is 0.228. The Hall–Kier alpha value is -5.27. The molecule has 0 unspecified atom stereocenters. The van der Waals surface area contributed by atoms with Crippen LogP contribution in [0.1, 0.15) is 44.8 Å². The Balaban J connectivity index is 1.37. The van der Waals surface area contributed by atoms with Gasteiger partial charge in [-0.15, -0.1) is 0 Å². The summed E-state index contributed by atoms with van der Waals surface area (Å²) in [5.74, 6) is -0.591. The molecule has 4 aromatic carbocycles. The highest BCUT2D eigenvalue weighted by Gasteiger charge is 2.47. The fraction of sp³-hybridized carbons (Fsp3) is 0.132. The monoisotopic (exact) mass is 629 g/mol. The van der Waals surface area contributed by atoms with Gasteiger partial charge in [0.05, 0.1) is 16.8 Å². The summed E-state index contributed by atoms with van der Waals surface area (Å²) in [6.45, 7) is 1.98. The zero-order valence-corrected chi connectivity index (χ0v) is 25.9. The SMILES string of the molecule is CNC(=O)c1c(-c2ccc(F)cc2)oc2ccc(-c3cc(C(=O)NC4(c5ccccn5)CC4)c(-c4ccccc4Cl)cc3C)cc12. The number of aromatic nitrogens is 1. The standard InChI is InChI=1S/C38H29ClFN3O3/c1-22-19-28(26-7-3-4-8-31(26)39)29(36(44)43-38(16-17-38)33-9-5-6-18-42-33)21-27(22)24-12-15-32-30(20-24)34(37(45)41-2)35(46-32)23-10-13-25(40)14-11-23/h3-15,18-21H,16-17H2,1-2H3,(H,41,45)(H,43,44). The van der Waals surface area contributed by atoms with Gasteiger partial charge >= 0.3 is 0 Å². The predicted octanol–water partition coefficient (Wildman–Crippen LogP) is 8.71. The maximum Gasteiger partial charge on any atom is 0.255 e. The first-order valence-electron chi connectivity index (χ1n) is 15.0. The number of nitrogens with one attached hydrogen (secondary N) is 2. The van der Waals surface area contributed by atoms with Crippen LogP contribution in [0.3, 0.4) is 0 Å². The summed E-state index contributed by atoms with van der Waals surface area (Å²) in [4.78, 5) is 31.9. The number of hydrogen-bond acceptors (Lipinski definition) is 4. The largest absolute Gasteiger partial charge is 0.455 e. The fourth-order valence-corrected chi connectivity index (χ4v) is 6.27. The van der Waals surface area contributed by atoms with E-state index < -0.39 is 5.54 Å². The molecule has 1 aliphatic carbocycles. The van der Waals surface area contributed by atoms with Crippen LogP contribution in [0.25, 0.3) is 44.5 Å². The number of benzene rings is 4. The number of amides is 2. The third-order valence-corrected chi connectivity index (χ3v) is 8.92. The fourth-order valence-electron chi connectivity index (χ4n) is 6.03. The van der Waals surface area contributed by atoms with Gasteiger partial charge in [0.1, 0.15) is 17.2 Å². The summed E-state index contributed by atoms with van der Waals surface area (Å²) in [7, 11) is 1.56. The second-order valence-electron chi connectivity index (χ2n) is 11.5. The van der Waals surface area contributed by atoms with Crippen molar-refractivity contribution in [1.82, 2.24) is 15.6 Å². The van der Waals surface area contributed by atoms with Crippen molar-refractivity contribution >= 4 is 34.4 Å². The minimum atomic E-state index is -0.518. The average molecular weight is 630 g/mol. The molecule has 0 atom stereocenters. The number of rotatable bonds is 7.